The average molecular weight is 254 g/mol. The van der Waals surface area contributed by atoms with Crippen molar-refractivity contribution in [2.45, 2.75) is 0 Å². The number of aromatic nitrogens is 2. The van der Waals surface area contributed by atoms with E-state index >= 15 is 0 Å². The number of H-pyrrole nitrogens is 1. The minimum absolute atomic E-state index is 0.187. The van der Waals surface area contributed by atoms with Crippen molar-refractivity contribution in [3.63, 3.8) is 0 Å². The number of aromatic hydroxyl groups is 1. The van der Waals surface area contributed by atoms with E-state index in [1.165, 1.54) is 12.4 Å². The lowest BCUT2D eigenvalue weighted by molar-refractivity contribution is 0.475. The van der Waals surface area contributed by atoms with Crippen molar-refractivity contribution in [3.8, 4) is 28.3 Å². The Morgan fingerprint density at radius 2 is 1.74 bits per heavy atom. The summed E-state index contributed by atoms with van der Waals surface area (Å²) in [4.78, 5) is 7.19. The maximum Gasteiger partial charge on any atom is 0.132 e. The molecule has 3 aromatic rings. The SMILES string of the molecule is Oc1ccc(-c2nc[nH]c2-c2ccccc2F)cc1. The molecule has 2 aromatic carbocycles. The third kappa shape index (κ3) is 2.08. The first kappa shape index (κ1) is 11.5. The van der Waals surface area contributed by atoms with Crippen LogP contribution in [0.3, 0.4) is 0 Å². The molecule has 94 valence electrons. The first-order valence-electron chi connectivity index (χ1n) is 5.83. The average Bonchev–Trinajstić information content (AvgIpc) is 2.89. The van der Waals surface area contributed by atoms with Crippen LogP contribution in [0, 0.1) is 5.82 Å². The van der Waals surface area contributed by atoms with Crippen molar-refractivity contribution in [3.05, 3.63) is 60.7 Å². The smallest absolute Gasteiger partial charge is 0.132 e. The Morgan fingerprint density at radius 1 is 1.00 bits per heavy atom. The summed E-state index contributed by atoms with van der Waals surface area (Å²) >= 11 is 0. The van der Waals surface area contributed by atoms with Crippen molar-refractivity contribution in [1.29, 1.82) is 0 Å². The molecule has 0 aliphatic heterocycles. The van der Waals surface area contributed by atoms with E-state index in [0.717, 1.165) is 5.56 Å². The first-order valence-corrected chi connectivity index (χ1v) is 5.83. The third-order valence-corrected chi connectivity index (χ3v) is 2.92. The maximum absolute atomic E-state index is 13.8. The summed E-state index contributed by atoms with van der Waals surface area (Å²) in [5, 5.41) is 9.30. The van der Waals surface area contributed by atoms with E-state index in [4.69, 9.17) is 0 Å². The molecule has 0 radical (unpaired) electrons. The summed E-state index contributed by atoms with van der Waals surface area (Å²) in [6.45, 7) is 0. The molecule has 3 rings (SSSR count). The molecular weight excluding hydrogens is 243 g/mol. The Kier molecular flexibility index (Phi) is 2.76. The largest absolute Gasteiger partial charge is 0.508 e. The van der Waals surface area contributed by atoms with Gasteiger partial charge in [0.1, 0.15) is 11.6 Å². The fourth-order valence-corrected chi connectivity index (χ4v) is 2.00. The second-order valence-electron chi connectivity index (χ2n) is 4.15. The number of nitrogens with zero attached hydrogens (tertiary/aromatic N) is 1. The Hall–Kier alpha value is -2.62. The molecule has 0 fully saturated rings. The van der Waals surface area contributed by atoms with Crippen LogP contribution < -0.4 is 0 Å². The van der Waals surface area contributed by atoms with E-state index in [1.807, 2.05) is 0 Å². The first-order chi connectivity index (χ1) is 9.25. The molecule has 3 nitrogen and oxygen atoms in total. The minimum atomic E-state index is -0.299. The number of benzene rings is 2. The van der Waals surface area contributed by atoms with Crippen LogP contribution in [-0.2, 0) is 0 Å². The molecule has 19 heavy (non-hydrogen) atoms. The van der Waals surface area contributed by atoms with Crippen LogP contribution in [-0.4, -0.2) is 15.1 Å². The van der Waals surface area contributed by atoms with E-state index in [-0.39, 0.29) is 11.6 Å². The summed E-state index contributed by atoms with van der Waals surface area (Å²) in [5.41, 5.74) is 2.58. The predicted molar refractivity (Wildman–Crippen MR) is 71.1 cm³/mol. The lowest BCUT2D eigenvalue weighted by Gasteiger charge is -2.04. The third-order valence-electron chi connectivity index (χ3n) is 2.92. The second-order valence-corrected chi connectivity index (χ2v) is 4.15. The molecule has 1 aromatic heterocycles. The lowest BCUT2D eigenvalue weighted by atomic mass is 10.0. The number of phenols is 1. The number of imidazole rings is 1. The Balaban J connectivity index is 2.13. The topological polar surface area (TPSA) is 48.9 Å². The number of phenolic OH excluding ortho intramolecular Hbond substituents is 1. The van der Waals surface area contributed by atoms with Gasteiger partial charge >= 0.3 is 0 Å². The zero-order valence-electron chi connectivity index (χ0n) is 9.97. The standard InChI is InChI=1S/C15H11FN2O/c16-13-4-2-1-3-12(13)15-14(17-9-18-15)10-5-7-11(19)8-6-10/h1-9,19H,(H,17,18). The van der Waals surface area contributed by atoms with Gasteiger partial charge in [0, 0.05) is 11.1 Å². The molecule has 0 atom stereocenters. The quantitative estimate of drug-likeness (QED) is 0.734. The molecule has 0 amide bonds. The second kappa shape index (κ2) is 4.57. The number of halogens is 1. The highest BCUT2D eigenvalue weighted by atomic mass is 19.1. The fraction of sp³-hybridized carbons (Fsp3) is 0. The molecule has 0 saturated carbocycles. The van der Waals surface area contributed by atoms with Gasteiger partial charge in [0.25, 0.3) is 0 Å². The van der Waals surface area contributed by atoms with Crippen LogP contribution in [0.15, 0.2) is 54.9 Å². The van der Waals surface area contributed by atoms with E-state index < -0.39 is 0 Å². The summed E-state index contributed by atoms with van der Waals surface area (Å²) in [6, 6.07) is 13.2. The molecule has 0 aliphatic carbocycles. The van der Waals surface area contributed by atoms with Crippen LogP contribution >= 0.6 is 0 Å². The van der Waals surface area contributed by atoms with Crippen molar-refractivity contribution >= 4 is 0 Å². The van der Waals surface area contributed by atoms with E-state index in [2.05, 4.69) is 9.97 Å². The Bertz CT molecular complexity index is 704. The normalized spacial score (nSPS) is 10.6. The van der Waals surface area contributed by atoms with Gasteiger partial charge in [-0.25, -0.2) is 9.37 Å². The van der Waals surface area contributed by atoms with Gasteiger partial charge in [-0.05, 0) is 36.4 Å². The molecule has 0 spiro atoms. The van der Waals surface area contributed by atoms with Gasteiger partial charge in [-0.1, -0.05) is 12.1 Å². The van der Waals surface area contributed by atoms with Crippen LogP contribution in [0.1, 0.15) is 0 Å². The summed E-state index contributed by atoms with van der Waals surface area (Å²) in [7, 11) is 0. The van der Waals surface area contributed by atoms with E-state index in [0.29, 0.717) is 17.0 Å². The van der Waals surface area contributed by atoms with Crippen LogP contribution in [0.2, 0.25) is 0 Å². The van der Waals surface area contributed by atoms with Gasteiger partial charge in [-0.2, -0.15) is 0 Å². The van der Waals surface area contributed by atoms with Gasteiger partial charge < -0.3 is 10.1 Å². The lowest BCUT2D eigenvalue weighted by Crippen LogP contribution is -1.87. The van der Waals surface area contributed by atoms with Crippen LogP contribution in [0.5, 0.6) is 5.75 Å². The van der Waals surface area contributed by atoms with Crippen molar-refractivity contribution in [2.75, 3.05) is 0 Å². The summed E-state index contributed by atoms with van der Waals surface area (Å²) in [6.07, 6.45) is 1.53. The van der Waals surface area contributed by atoms with Gasteiger partial charge in [0.05, 0.1) is 17.7 Å². The highest BCUT2D eigenvalue weighted by Crippen LogP contribution is 2.31. The van der Waals surface area contributed by atoms with Gasteiger partial charge in [-0.15, -0.1) is 0 Å². The fourth-order valence-electron chi connectivity index (χ4n) is 2.00. The van der Waals surface area contributed by atoms with Crippen molar-refractivity contribution in [2.24, 2.45) is 0 Å². The molecule has 0 unspecified atom stereocenters. The number of nitrogens with one attached hydrogen (secondary N) is 1. The van der Waals surface area contributed by atoms with Gasteiger partial charge in [0.2, 0.25) is 0 Å². The summed E-state index contributed by atoms with van der Waals surface area (Å²) in [5.74, 6) is -0.112. The highest BCUT2D eigenvalue weighted by Gasteiger charge is 2.13. The monoisotopic (exact) mass is 254 g/mol. The van der Waals surface area contributed by atoms with Gasteiger partial charge in [-0.3, -0.25) is 0 Å². The Morgan fingerprint density at radius 3 is 2.47 bits per heavy atom. The van der Waals surface area contributed by atoms with E-state index in [9.17, 15) is 9.50 Å². The van der Waals surface area contributed by atoms with Gasteiger partial charge in [0.15, 0.2) is 0 Å². The molecule has 4 heteroatoms. The number of hydrogen-bond donors (Lipinski definition) is 2. The molecule has 1 heterocycles. The number of aromatic amines is 1. The maximum atomic E-state index is 13.8. The molecule has 0 aliphatic rings. The number of hydrogen-bond acceptors (Lipinski definition) is 2. The van der Waals surface area contributed by atoms with E-state index in [1.54, 1.807) is 42.5 Å². The van der Waals surface area contributed by atoms with Crippen molar-refractivity contribution in [1.82, 2.24) is 9.97 Å². The molecule has 2 N–H and O–H groups in total. The van der Waals surface area contributed by atoms with Crippen LogP contribution in [0.4, 0.5) is 4.39 Å². The Labute approximate surface area is 109 Å². The number of rotatable bonds is 2. The highest BCUT2D eigenvalue weighted by molar-refractivity contribution is 5.78. The van der Waals surface area contributed by atoms with Crippen molar-refractivity contribution < 1.29 is 9.50 Å². The molecular formula is C15H11FN2O. The predicted octanol–water partition coefficient (Wildman–Crippen LogP) is 3.59. The summed E-state index contributed by atoms with van der Waals surface area (Å²) < 4.78 is 13.8. The molecule has 0 saturated heterocycles. The van der Waals surface area contributed by atoms with Crippen LogP contribution in [0.25, 0.3) is 22.5 Å². The zero-order chi connectivity index (χ0) is 13.2. The minimum Gasteiger partial charge on any atom is -0.508 e. The molecule has 0 bridgehead atoms. The zero-order valence-corrected chi connectivity index (χ0v) is 9.97.